The van der Waals surface area contributed by atoms with Crippen molar-refractivity contribution in [1.29, 1.82) is 0 Å². The van der Waals surface area contributed by atoms with Gasteiger partial charge in [0.05, 0.1) is 18.5 Å². The second-order valence-corrected chi connectivity index (χ2v) is 5.60. The summed E-state index contributed by atoms with van der Waals surface area (Å²) in [4.78, 5) is 0. The maximum atomic E-state index is 11.6. The van der Waals surface area contributed by atoms with E-state index in [-0.39, 0.29) is 6.10 Å². The number of nitrogens with zero attached hydrogens (tertiary/aromatic N) is 1. The van der Waals surface area contributed by atoms with Gasteiger partial charge in [0.15, 0.2) is 0 Å². The maximum absolute atomic E-state index is 11.6. The van der Waals surface area contributed by atoms with Gasteiger partial charge in [-0.25, -0.2) is 8.42 Å². The minimum Gasteiger partial charge on any atom is -0.487 e. The molecule has 2 rings (SSSR count). The quantitative estimate of drug-likeness (QED) is 0.725. The van der Waals surface area contributed by atoms with Gasteiger partial charge in [-0.1, -0.05) is 12.1 Å². The number of fused-ring (bicyclic) bond motifs is 1. The molecule has 15 heavy (non-hydrogen) atoms. The van der Waals surface area contributed by atoms with E-state index in [0.29, 0.717) is 18.0 Å². The zero-order chi connectivity index (χ0) is 11.1. The summed E-state index contributed by atoms with van der Waals surface area (Å²) in [7, 11) is -3.22. The molecule has 1 aromatic rings. The first-order chi connectivity index (χ1) is 6.98. The fourth-order valence-electron chi connectivity index (χ4n) is 1.66. The zero-order valence-electron chi connectivity index (χ0n) is 8.67. The minimum absolute atomic E-state index is 0.116. The Kier molecular flexibility index (Phi) is 2.34. The number of benzene rings is 1. The first kappa shape index (κ1) is 10.3. The fraction of sp³-hybridized carbons (Fsp3) is 0.400. The molecular formula is C10H13NO3S. The molecule has 1 heterocycles. The summed E-state index contributed by atoms with van der Waals surface area (Å²) >= 11 is 0. The van der Waals surface area contributed by atoms with Crippen molar-refractivity contribution in [2.75, 3.05) is 17.1 Å². The SMILES string of the molecule is CC1CN(S(C)(=O)=O)c2ccccc2O1. The summed E-state index contributed by atoms with van der Waals surface area (Å²) in [5.74, 6) is 0.627. The molecular weight excluding hydrogens is 214 g/mol. The third kappa shape index (κ3) is 1.92. The van der Waals surface area contributed by atoms with Crippen LogP contribution >= 0.6 is 0 Å². The predicted octanol–water partition coefficient (Wildman–Crippen LogP) is 1.23. The van der Waals surface area contributed by atoms with Gasteiger partial charge in [0.1, 0.15) is 11.9 Å². The molecule has 1 aliphatic heterocycles. The van der Waals surface area contributed by atoms with Crippen molar-refractivity contribution >= 4 is 15.7 Å². The lowest BCUT2D eigenvalue weighted by atomic mass is 10.2. The highest BCUT2D eigenvalue weighted by atomic mass is 32.2. The molecule has 1 atom stereocenters. The van der Waals surface area contributed by atoms with E-state index in [9.17, 15) is 8.42 Å². The van der Waals surface area contributed by atoms with Gasteiger partial charge in [-0.3, -0.25) is 4.31 Å². The Balaban J connectivity index is 2.52. The lowest BCUT2D eigenvalue weighted by molar-refractivity contribution is 0.219. The molecule has 1 unspecified atom stereocenters. The van der Waals surface area contributed by atoms with Crippen LogP contribution in [0.4, 0.5) is 5.69 Å². The smallest absolute Gasteiger partial charge is 0.232 e. The summed E-state index contributed by atoms with van der Waals surface area (Å²) < 4.78 is 30.1. The Labute approximate surface area is 89.5 Å². The van der Waals surface area contributed by atoms with Crippen molar-refractivity contribution in [3.63, 3.8) is 0 Å². The van der Waals surface area contributed by atoms with Crippen molar-refractivity contribution in [2.24, 2.45) is 0 Å². The largest absolute Gasteiger partial charge is 0.487 e. The number of rotatable bonds is 1. The van der Waals surface area contributed by atoms with Gasteiger partial charge in [-0.05, 0) is 19.1 Å². The van der Waals surface area contributed by atoms with E-state index < -0.39 is 10.0 Å². The number of para-hydroxylation sites is 2. The van der Waals surface area contributed by atoms with Crippen molar-refractivity contribution < 1.29 is 13.2 Å². The lowest BCUT2D eigenvalue weighted by Gasteiger charge is -2.32. The molecule has 1 aromatic carbocycles. The average molecular weight is 227 g/mol. The number of anilines is 1. The summed E-state index contributed by atoms with van der Waals surface area (Å²) in [6.07, 6.45) is 1.09. The van der Waals surface area contributed by atoms with Crippen LogP contribution in [-0.2, 0) is 10.0 Å². The molecule has 0 N–H and O–H groups in total. The van der Waals surface area contributed by atoms with Gasteiger partial charge in [-0.2, -0.15) is 0 Å². The van der Waals surface area contributed by atoms with E-state index in [1.54, 1.807) is 18.2 Å². The Morgan fingerprint density at radius 1 is 1.40 bits per heavy atom. The first-order valence-corrected chi connectivity index (χ1v) is 6.57. The molecule has 0 bridgehead atoms. The van der Waals surface area contributed by atoms with Crippen LogP contribution in [0.5, 0.6) is 5.75 Å². The highest BCUT2D eigenvalue weighted by Gasteiger charge is 2.28. The number of hydrogen-bond acceptors (Lipinski definition) is 3. The summed E-state index contributed by atoms with van der Waals surface area (Å²) in [6, 6.07) is 7.17. The Morgan fingerprint density at radius 3 is 2.73 bits per heavy atom. The van der Waals surface area contributed by atoms with Crippen LogP contribution in [0.15, 0.2) is 24.3 Å². The van der Waals surface area contributed by atoms with Crippen LogP contribution in [0.2, 0.25) is 0 Å². The Morgan fingerprint density at radius 2 is 2.07 bits per heavy atom. The molecule has 0 radical (unpaired) electrons. The van der Waals surface area contributed by atoms with Crippen LogP contribution in [0.1, 0.15) is 6.92 Å². The van der Waals surface area contributed by atoms with Gasteiger partial charge in [0, 0.05) is 0 Å². The standard InChI is InChI=1S/C10H13NO3S/c1-8-7-11(15(2,12)13)9-5-3-4-6-10(9)14-8/h3-6,8H,7H2,1-2H3. The van der Waals surface area contributed by atoms with Crippen LogP contribution in [0, 0.1) is 0 Å². The third-order valence-electron chi connectivity index (χ3n) is 2.29. The molecule has 0 spiro atoms. The first-order valence-electron chi connectivity index (χ1n) is 4.72. The molecule has 0 aliphatic carbocycles. The summed E-state index contributed by atoms with van der Waals surface area (Å²) in [5.41, 5.74) is 0.623. The predicted molar refractivity (Wildman–Crippen MR) is 58.7 cm³/mol. The molecule has 0 aromatic heterocycles. The van der Waals surface area contributed by atoms with Gasteiger partial charge in [0.25, 0.3) is 0 Å². The lowest BCUT2D eigenvalue weighted by Crippen LogP contribution is -2.41. The van der Waals surface area contributed by atoms with Gasteiger partial charge >= 0.3 is 0 Å². The Hall–Kier alpha value is -1.23. The van der Waals surface area contributed by atoms with Crippen molar-refractivity contribution in [3.8, 4) is 5.75 Å². The van der Waals surface area contributed by atoms with E-state index in [4.69, 9.17) is 4.74 Å². The monoisotopic (exact) mass is 227 g/mol. The van der Waals surface area contributed by atoms with E-state index >= 15 is 0 Å². The van der Waals surface area contributed by atoms with E-state index in [2.05, 4.69) is 0 Å². The number of ether oxygens (including phenoxy) is 1. The van der Waals surface area contributed by atoms with Crippen molar-refractivity contribution in [2.45, 2.75) is 13.0 Å². The fourth-order valence-corrected chi connectivity index (χ4v) is 2.65. The molecule has 0 fully saturated rings. The molecule has 82 valence electrons. The molecule has 1 aliphatic rings. The molecule has 0 saturated heterocycles. The number of hydrogen-bond donors (Lipinski definition) is 0. The van der Waals surface area contributed by atoms with E-state index in [1.807, 2.05) is 13.0 Å². The molecule has 0 amide bonds. The van der Waals surface area contributed by atoms with E-state index in [1.165, 1.54) is 10.6 Å². The van der Waals surface area contributed by atoms with E-state index in [0.717, 1.165) is 0 Å². The number of sulfonamides is 1. The Bertz CT molecular complexity index is 469. The molecule has 0 saturated carbocycles. The molecule has 5 heteroatoms. The highest BCUT2D eigenvalue weighted by Crippen LogP contribution is 2.34. The summed E-state index contributed by atoms with van der Waals surface area (Å²) in [5, 5.41) is 0. The van der Waals surface area contributed by atoms with Crippen LogP contribution in [-0.4, -0.2) is 27.3 Å². The van der Waals surface area contributed by atoms with Crippen LogP contribution in [0.25, 0.3) is 0 Å². The van der Waals surface area contributed by atoms with Crippen molar-refractivity contribution in [1.82, 2.24) is 0 Å². The second-order valence-electron chi connectivity index (χ2n) is 3.69. The minimum atomic E-state index is -3.22. The zero-order valence-corrected chi connectivity index (χ0v) is 9.49. The van der Waals surface area contributed by atoms with Gasteiger partial charge in [-0.15, -0.1) is 0 Å². The highest BCUT2D eigenvalue weighted by molar-refractivity contribution is 7.92. The van der Waals surface area contributed by atoms with Crippen LogP contribution in [0.3, 0.4) is 0 Å². The van der Waals surface area contributed by atoms with Crippen LogP contribution < -0.4 is 9.04 Å². The van der Waals surface area contributed by atoms with Gasteiger partial charge < -0.3 is 4.74 Å². The maximum Gasteiger partial charge on any atom is 0.232 e. The molecule has 4 nitrogen and oxygen atoms in total. The normalized spacial score (nSPS) is 20.7. The second kappa shape index (κ2) is 3.41. The third-order valence-corrected chi connectivity index (χ3v) is 3.43. The average Bonchev–Trinajstić information content (AvgIpc) is 2.15. The van der Waals surface area contributed by atoms with Gasteiger partial charge in [0.2, 0.25) is 10.0 Å². The van der Waals surface area contributed by atoms with Crippen molar-refractivity contribution in [3.05, 3.63) is 24.3 Å². The topological polar surface area (TPSA) is 46.6 Å². The summed E-state index contributed by atoms with van der Waals surface area (Å²) in [6.45, 7) is 2.23.